The molecule has 11 heteroatoms. The van der Waals surface area contributed by atoms with Crippen LogP contribution < -0.4 is 10.1 Å². The molecule has 0 atom stereocenters. The van der Waals surface area contributed by atoms with Gasteiger partial charge in [0.1, 0.15) is 5.82 Å². The molecule has 0 saturated heterocycles. The second-order valence-corrected chi connectivity index (χ2v) is 10.6. The first-order valence-corrected chi connectivity index (χ1v) is 13.0. The number of rotatable bonds is 9. The molecular weight excluding hydrogens is 479 g/mol. The van der Waals surface area contributed by atoms with E-state index in [9.17, 15) is 18.0 Å². The molecule has 3 heterocycles. The van der Waals surface area contributed by atoms with Crippen LogP contribution >= 0.6 is 11.3 Å². The van der Waals surface area contributed by atoms with E-state index in [1.54, 1.807) is 19.3 Å². The minimum atomic E-state index is -4.13. The summed E-state index contributed by atoms with van der Waals surface area (Å²) in [5.41, 5.74) is 0.962. The smallest absolute Gasteiger partial charge is 0.389 e. The number of carbonyl (C=O) groups excluding carboxylic acids is 1. The average molecular weight is 512 g/mol. The molecule has 192 valence electrons. The number of alkyl halides is 3. The number of hydrogen-bond donors (Lipinski definition) is 1. The molecular formula is C24H32F3N5O2S. The van der Waals surface area contributed by atoms with Gasteiger partial charge in [-0.3, -0.25) is 9.69 Å². The van der Waals surface area contributed by atoms with E-state index in [0.29, 0.717) is 22.5 Å². The van der Waals surface area contributed by atoms with Crippen molar-refractivity contribution in [2.45, 2.75) is 77.1 Å². The lowest BCUT2D eigenvalue weighted by Crippen LogP contribution is -2.40. The second-order valence-electron chi connectivity index (χ2n) is 9.45. The van der Waals surface area contributed by atoms with E-state index < -0.39 is 12.6 Å². The van der Waals surface area contributed by atoms with Crippen LogP contribution in [-0.2, 0) is 24.2 Å². The van der Waals surface area contributed by atoms with Gasteiger partial charge in [0.15, 0.2) is 12.4 Å². The van der Waals surface area contributed by atoms with Crippen molar-refractivity contribution >= 4 is 17.2 Å². The predicted molar refractivity (Wildman–Crippen MR) is 126 cm³/mol. The molecule has 1 amide bonds. The highest BCUT2D eigenvalue weighted by molar-refractivity contribution is 7.11. The molecule has 1 saturated carbocycles. The Balaban J connectivity index is 1.12. The number of aromatic nitrogens is 3. The molecule has 1 N–H and O–H groups in total. The molecule has 0 unspecified atom stereocenters. The van der Waals surface area contributed by atoms with Gasteiger partial charge in [0, 0.05) is 36.9 Å². The van der Waals surface area contributed by atoms with E-state index in [1.165, 1.54) is 11.3 Å². The van der Waals surface area contributed by atoms with Crippen LogP contribution in [0, 0.1) is 12.8 Å². The van der Waals surface area contributed by atoms with Crippen molar-refractivity contribution in [2.75, 3.05) is 19.7 Å². The van der Waals surface area contributed by atoms with Crippen LogP contribution in [0.1, 0.15) is 59.9 Å². The average Bonchev–Trinajstić information content (AvgIpc) is 3.24. The summed E-state index contributed by atoms with van der Waals surface area (Å²) in [6.45, 7) is 4.39. The molecule has 0 aromatic carbocycles. The van der Waals surface area contributed by atoms with Crippen LogP contribution in [0.2, 0.25) is 0 Å². The van der Waals surface area contributed by atoms with Gasteiger partial charge in [-0.2, -0.15) is 13.2 Å². The number of nitrogens with zero attached hydrogens (tertiary/aromatic N) is 4. The van der Waals surface area contributed by atoms with Crippen molar-refractivity contribution < 1.29 is 22.7 Å². The van der Waals surface area contributed by atoms with Gasteiger partial charge in [-0.25, -0.2) is 15.0 Å². The van der Waals surface area contributed by atoms with Gasteiger partial charge >= 0.3 is 6.18 Å². The third-order valence-electron chi connectivity index (χ3n) is 6.67. The van der Waals surface area contributed by atoms with Gasteiger partial charge in [0.2, 0.25) is 0 Å². The number of carbonyl (C=O) groups is 1. The Morgan fingerprint density at radius 1 is 1.23 bits per heavy atom. The zero-order valence-corrected chi connectivity index (χ0v) is 20.8. The van der Waals surface area contributed by atoms with Crippen molar-refractivity contribution in [3.05, 3.63) is 33.8 Å². The van der Waals surface area contributed by atoms with Crippen LogP contribution in [-0.4, -0.2) is 57.7 Å². The lowest BCUT2D eigenvalue weighted by Gasteiger charge is -2.32. The van der Waals surface area contributed by atoms with Crippen molar-refractivity contribution in [2.24, 2.45) is 5.92 Å². The number of thiazole rings is 1. The molecule has 1 aliphatic heterocycles. The summed E-state index contributed by atoms with van der Waals surface area (Å²) >= 11 is 1.44. The number of halogens is 3. The molecule has 0 radical (unpaired) electrons. The van der Waals surface area contributed by atoms with Gasteiger partial charge in [-0.15, -0.1) is 11.3 Å². The molecule has 0 spiro atoms. The Hall–Kier alpha value is -2.27. The van der Waals surface area contributed by atoms with E-state index in [1.807, 2.05) is 0 Å². The monoisotopic (exact) mass is 511 g/mol. The Morgan fingerprint density at radius 3 is 2.69 bits per heavy atom. The van der Waals surface area contributed by atoms with E-state index >= 15 is 0 Å². The van der Waals surface area contributed by atoms with Gasteiger partial charge in [-0.1, -0.05) is 0 Å². The Morgan fingerprint density at radius 2 is 1.97 bits per heavy atom. The number of nitrogens with one attached hydrogen (secondary N) is 1. The summed E-state index contributed by atoms with van der Waals surface area (Å²) in [5, 5.41) is 3.67. The first-order chi connectivity index (χ1) is 16.7. The van der Waals surface area contributed by atoms with E-state index in [4.69, 9.17) is 4.74 Å². The zero-order valence-electron chi connectivity index (χ0n) is 19.9. The first-order valence-electron chi connectivity index (χ1n) is 12.2. The third-order valence-corrected chi connectivity index (χ3v) is 7.88. The summed E-state index contributed by atoms with van der Waals surface area (Å²) < 4.78 is 42.9. The fraction of sp³-hybridized carbons (Fsp3) is 0.667. The number of ether oxygens (including phenoxy) is 1. The van der Waals surface area contributed by atoms with Gasteiger partial charge in [0.05, 0.1) is 23.1 Å². The fourth-order valence-corrected chi connectivity index (χ4v) is 5.75. The predicted octanol–water partition coefficient (Wildman–Crippen LogP) is 4.24. The maximum atomic E-state index is 12.5. The molecule has 2 aromatic heterocycles. The Bertz CT molecular complexity index is 975. The van der Waals surface area contributed by atoms with Crippen molar-refractivity contribution in [3.8, 4) is 5.75 Å². The molecule has 2 aromatic rings. The van der Waals surface area contributed by atoms with Crippen LogP contribution in [0.25, 0.3) is 0 Å². The molecule has 7 nitrogen and oxygen atoms in total. The van der Waals surface area contributed by atoms with Crippen molar-refractivity contribution in [1.82, 2.24) is 25.2 Å². The maximum Gasteiger partial charge on any atom is 0.389 e. The van der Waals surface area contributed by atoms with Crippen LogP contribution in [0.15, 0.2) is 12.4 Å². The first kappa shape index (κ1) is 25.8. The van der Waals surface area contributed by atoms with Crippen molar-refractivity contribution in [3.63, 3.8) is 0 Å². The standard InChI is InChI=1S/C24H32F3N5O2S/c1-16-28-12-19(13-29-16)34-15-22(33)30-18-4-2-17(3-5-18)7-10-32-11-8-21-20(14-32)31-23(35-21)6-9-24(25,26)27/h12-13,17-18H,2-11,14-15H2,1H3,(H,30,33)/t17-,18-. The highest BCUT2D eigenvalue weighted by Crippen LogP contribution is 2.30. The molecule has 2 aliphatic rings. The normalized spacial score (nSPS) is 20.9. The highest BCUT2D eigenvalue weighted by atomic mass is 32.1. The molecule has 1 aliphatic carbocycles. The summed E-state index contributed by atoms with van der Waals surface area (Å²) in [4.78, 5) is 28.3. The third kappa shape index (κ3) is 8.13. The van der Waals surface area contributed by atoms with E-state index in [-0.39, 0.29) is 25.0 Å². The SMILES string of the molecule is Cc1ncc(OCC(=O)N[C@H]2CC[C@H](CCN3CCc4sc(CCC(F)(F)F)nc4C3)CC2)cn1. The van der Waals surface area contributed by atoms with Crippen LogP contribution in [0.3, 0.4) is 0 Å². The topological polar surface area (TPSA) is 80.2 Å². The van der Waals surface area contributed by atoms with Gasteiger partial charge in [-0.05, 0) is 57.9 Å². The molecule has 0 bridgehead atoms. The van der Waals surface area contributed by atoms with Crippen LogP contribution in [0.4, 0.5) is 13.2 Å². The lowest BCUT2D eigenvalue weighted by atomic mass is 9.84. The minimum absolute atomic E-state index is 0.0204. The molecule has 1 fully saturated rings. The summed E-state index contributed by atoms with van der Waals surface area (Å²) in [6.07, 6.45) is 4.21. The second kappa shape index (κ2) is 11.6. The molecule has 35 heavy (non-hydrogen) atoms. The maximum absolute atomic E-state index is 12.5. The quantitative estimate of drug-likeness (QED) is 0.543. The summed E-state index contributed by atoms with van der Waals surface area (Å²) in [6, 6.07) is 0.180. The number of amides is 1. The van der Waals surface area contributed by atoms with Crippen molar-refractivity contribution in [1.29, 1.82) is 0 Å². The Kier molecular flexibility index (Phi) is 8.59. The van der Waals surface area contributed by atoms with E-state index in [0.717, 1.165) is 68.7 Å². The summed E-state index contributed by atoms with van der Waals surface area (Å²) in [7, 11) is 0. The minimum Gasteiger partial charge on any atom is -0.481 e. The zero-order chi connectivity index (χ0) is 24.8. The van der Waals surface area contributed by atoms with Gasteiger partial charge < -0.3 is 10.1 Å². The summed E-state index contributed by atoms with van der Waals surface area (Å²) in [5.74, 6) is 1.63. The Labute approximate surface area is 207 Å². The number of fused-ring (bicyclic) bond motifs is 1. The van der Waals surface area contributed by atoms with Gasteiger partial charge in [0.25, 0.3) is 5.91 Å². The highest BCUT2D eigenvalue weighted by Gasteiger charge is 2.29. The number of hydrogen-bond acceptors (Lipinski definition) is 7. The van der Waals surface area contributed by atoms with Crippen LogP contribution in [0.5, 0.6) is 5.75 Å². The van der Waals surface area contributed by atoms with E-state index in [2.05, 4.69) is 25.2 Å². The fourth-order valence-electron chi connectivity index (χ4n) is 4.69. The molecule has 4 rings (SSSR count). The number of aryl methyl sites for hydroxylation is 2. The lowest BCUT2D eigenvalue weighted by molar-refractivity contribution is -0.134. The largest absolute Gasteiger partial charge is 0.481 e.